The highest BCUT2D eigenvalue weighted by Crippen LogP contribution is 2.16. The van der Waals surface area contributed by atoms with Crippen molar-refractivity contribution in [3.05, 3.63) is 41.6 Å². The lowest BCUT2D eigenvalue weighted by atomic mass is 10.1. The summed E-state index contributed by atoms with van der Waals surface area (Å²) in [5, 5.41) is 2.09. The van der Waals surface area contributed by atoms with E-state index in [0.29, 0.717) is 0 Å². The van der Waals surface area contributed by atoms with Gasteiger partial charge in [0.1, 0.15) is 0 Å². The summed E-state index contributed by atoms with van der Waals surface area (Å²) < 4.78 is 0. The SMILES string of the molecule is Cc1ccc2ccc(CBr)cc2n1. The molecule has 0 atom stereocenters. The lowest BCUT2D eigenvalue weighted by Gasteiger charge is -2.00. The highest BCUT2D eigenvalue weighted by molar-refractivity contribution is 9.08. The van der Waals surface area contributed by atoms with Gasteiger partial charge in [0, 0.05) is 16.4 Å². The number of alkyl halides is 1. The first kappa shape index (κ1) is 8.70. The van der Waals surface area contributed by atoms with Crippen LogP contribution in [0.2, 0.25) is 0 Å². The molecule has 0 aliphatic carbocycles. The van der Waals surface area contributed by atoms with Crippen molar-refractivity contribution < 1.29 is 0 Å². The molecular weight excluding hydrogens is 226 g/mol. The predicted octanol–water partition coefficient (Wildman–Crippen LogP) is 3.44. The van der Waals surface area contributed by atoms with Gasteiger partial charge in [0.25, 0.3) is 0 Å². The number of nitrogens with zero attached hydrogens (tertiary/aromatic N) is 1. The Morgan fingerprint density at radius 3 is 2.77 bits per heavy atom. The van der Waals surface area contributed by atoms with Crippen LogP contribution in [-0.4, -0.2) is 4.98 Å². The zero-order chi connectivity index (χ0) is 9.26. The number of benzene rings is 1. The standard InChI is InChI=1S/C11H10BrN/c1-8-2-4-10-5-3-9(7-12)6-11(10)13-8/h2-6H,7H2,1H3. The summed E-state index contributed by atoms with van der Waals surface area (Å²) >= 11 is 3.43. The Balaban J connectivity index is 2.68. The van der Waals surface area contributed by atoms with E-state index >= 15 is 0 Å². The van der Waals surface area contributed by atoms with Crippen molar-refractivity contribution in [2.45, 2.75) is 12.3 Å². The Bertz CT molecular complexity index is 437. The van der Waals surface area contributed by atoms with Crippen LogP contribution in [0.1, 0.15) is 11.3 Å². The van der Waals surface area contributed by atoms with Gasteiger partial charge < -0.3 is 0 Å². The molecule has 2 aromatic rings. The number of hydrogen-bond acceptors (Lipinski definition) is 1. The number of halogens is 1. The molecule has 2 rings (SSSR count). The minimum Gasteiger partial charge on any atom is -0.253 e. The zero-order valence-electron chi connectivity index (χ0n) is 7.42. The molecule has 13 heavy (non-hydrogen) atoms. The van der Waals surface area contributed by atoms with Gasteiger partial charge in [-0.2, -0.15) is 0 Å². The van der Waals surface area contributed by atoms with E-state index in [9.17, 15) is 0 Å². The molecule has 0 radical (unpaired) electrons. The molecule has 1 heterocycles. The second kappa shape index (κ2) is 3.46. The van der Waals surface area contributed by atoms with E-state index in [0.717, 1.165) is 16.5 Å². The van der Waals surface area contributed by atoms with Crippen LogP contribution in [0.3, 0.4) is 0 Å². The summed E-state index contributed by atoms with van der Waals surface area (Å²) in [6, 6.07) is 10.5. The van der Waals surface area contributed by atoms with Crippen LogP contribution in [0.25, 0.3) is 10.9 Å². The van der Waals surface area contributed by atoms with Gasteiger partial charge in [-0.1, -0.05) is 34.1 Å². The van der Waals surface area contributed by atoms with E-state index < -0.39 is 0 Å². The molecule has 1 nitrogen and oxygen atoms in total. The van der Waals surface area contributed by atoms with Crippen LogP contribution in [0.5, 0.6) is 0 Å². The van der Waals surface area contributed by atoms with Gasteiger partial charge in [-0.15, -0.1) is 0 Å². The van der Waals surface area contributed by atoms with Crippen molar-refractivity contribution in [3.8, 4) is 0 Å². The number of rotatable bonds is 1. The molecule has 66 valence electrons. The fraction of sp³-hybridized carbons (Fsp3) is 0.182. The van der Waals surface area contributed by atoms with Gasteiger partial charge in [0.2, 0.25) is 0 Å². The molecular formula is C11H10BrN. The maximum atomic E-state index is 4.46. The Hall–Kier alpha value is -0.890. The second-order valence-corrected chi connectivity index (χ2v) is 3.67. The summed E-state index contributed by atoms with van der Waals surface area (Å²) in [4.78, 5) is 4.46. The van der Waals surface area contributed by atoms with E-state index in [1.807, 2.05) is 13.0 Å². The molecule has 1 aromatic heterocycles. The lowest BCUT2D eigenvalue weighted by molar-refractivity contribution is 1.25. The summed E-state index contributed by atoms with van der Waals surface area (Å²) in [5.41, 5.74) is 3.42. The van der Waals surface area contributed by atoms with E-state index in [1.54, 1.807) is 0 Å². The third-order valence-electron chi connectivity index (χ3n) is 2.05. The van der Waals surface area contributed by atoms with Crippen molar-refractivity contribution >= 4 is 26.8 Å². The molecule has 0 amide bonds. The van der Waals surface area contributed by atoms with Gasteiger partial charge >= 0.3 is 0 Å². The van der Waals surface area contributed by atoms with Gasteiger partial charge in [-0.25, -0.2) is 0 Å². The molecule has 2 heteroatoms. The van der Waals surface area contributed by atoms with Crippen LogP contribution in [0.15, 0.2) is 30.3 Å². The first-order valence-corrected chi connectivity index (χ1v) is 5.34. The first-order chi connectivity index (χ1) is 6.29. The fourth-order valence-corrected chi connectivity index (χ4v) is 1.70. The van der Waals surface area contributed by atoms with Crippen LogP contribution in [0.4, 0.5) is 0 Å². The average molecular weight is 236 g/mol. The number of aromatic nitrogens is 1. The van der Waals surface area contributed by atoms with E-state index in [4.69, 9.17) is 0 Å². The molecule has 0 saturated carbocycles. The van der Waals surface area contributed by atoms with Crippen LogP contribution in [-0.2, 0) is 5.33 Å². The molecule has 0 aliphatic rings. The fourth-order valence-electron chi connectivity index (χ4n) is 1.35. The van der Waals surface area contributed by atoms with E-state index in [-0.39, 0.29) is 0 Å². The summed E-state index contributed by atoms with van der Waals surface area (Å²) in [6.45, 7) is 2.01. The normalized spacial score (nSPS) is 10.6. The third kappa shape index (κ3) is 1.73. The summed E-state index contributed by atoms with van der Waals surface area (Å²) in [7, 11) is 0. The maximum Gasteiger partial charge on any atom is 0.0708 e. The number of fused-ring (bicyclic) bond motifs is 1. The van der Waals surface area contributed by atoms with Gasteiger partial charge in [0.05, 0.1) is 5.52 Å². The van der Waals surface area contributed by atoms with E-state index in [1.165, 1.54) is 10.9 Å². The van der Waals surface area contributed by atoms with Crippen molar-refractivity contribution in [1.29, 1.82) is 0 Å². The molecule has 0 aliphatic heterocycles. The van der Waals surface area contributed by atoms with Gasteiger partial charge in [-0.05, 0) is 24.6 Å². The third-order valence-corrected chi connectivity index (χ3v) is 2.70. The van der Waals surface area contributed by atoms with Crippen molar-refractivity contribution in [2.24, 2.45) is 0 Å². The van der Waals surface area contributed by atoms with Crippen molar-refractivity contribution in [1.82, 2.24) is 4.98 Å². The quantitative estimate of drug-likeness (QED) is 0.691. The minimum atomic E-state index is 0.887. The number of aryl methyl sites for hydroxylation is 1. The molecule has 1 aromatic carbocycles. The maximum absolute atomic E-state index is 4.46. The second-order valence-electron chi connectivity index (χ2n) is 3.11. The molecule has 0 N–H and O–H groups in total. The van der Waals surface area contributed by atoms with Crippen LogP contribution >= 0.6 is 15.9 Å². The number of pyridine rings is 1. The first-order valence-electron chi connectivity index (χ1n) is 4.22. The van der Waals surface area contributed by atoms with E-state index in [2.05, 4.69) is 45.2 Å². The molecule has 0 bridgehead atoms. The molecule has 0 spiro atoms. The summed E-state index contributed by atoms with van der Waals surface area (Å²) in [6.07, 6.45) is 0. The molecule has 0 fully saturated rings. The van der Waals surface area contributed by atoms with Crippen LogP contribution < -0.4 is 0 Å². The topological polar surface area (TPSA) is 12.9 Å². The smallest absolute Gasteiger partial charge is 0.0708 e. The van der Waals surface area contributed by atoms with Crippen LogP contribution in [0, 0.1) is 6.92 Å². The summed E-state index contributed by atoms with van der Waals surface area (Å²) in [5.74, 6) is 0. The zero-order valence-corrected chi connectivity index (χ0v) is 9.01. The van der Waals surface area contributed by atoms with Gasteiger partial charge in [0.15, 0.2) is 0 Å². The monoisotopic (exact) mass is 235 g/mol. The Morgan fingerprint density at radius 2 is 2.00 bits per heavy atom. The predicted molar refractivity (Wildman–Crippen MR) is 59.1 cm³/mol. The highest BCUT2D eigenvalue weighted by atomic mass is 79.9. The Labute approximate surface area is 85.9 Å². The minimum absolute atomic E-state index is 0.887. The van der Waals surface area contributed by atoms with Crippen molar-refractivity contribution in [2.75, 3.05) is 0 Å². The van der Waals surface area contributed by atoms with Crippen molar-refractivity contribution in [3.63, 3.8) is 0 Å². The average Bonchev–Trinajstić information content (AvgIpc) is 2.16. The number of hydrogen-bond donors (Lipinski definition) is 0. The largest absolute Gasteiger partial charge is 0.253 e. The molecule has 0 unspecified atom stereocenters. The Kier molecular flexibility index (Phi) is 2.32. The molecule has 0 saturated heterocycles. The Morgan fingerprint density at radius 1 is 1.23 bits per heavy atom. The lowest BCUT2D eigenvalue weighted by Crippen LogP contribution is -1.84. The van der Waals surface area contributed by atoms with Gasteiger partial charge in [-0.3, -0.25) is 4.98 Å². The highest BCUT2D eigenvalue weighted by Gasteiger charge is 1.96.